The van der Waals surface area contributed by atoms with Gasteiger partial charge in [0.25, 0.3) is 0 Å². The molecule has 4 heterocycles. The Balaban J connectivity index is 0.000000222. The van der Waals surface area contributed by atoms with Crippen molar-refractivity contribution in [2.75, 3.05) is 57.3 Å². The van der Waals surface area contributed by atoms with E-state index in [1.807, 2.05) is 0 Å². The monoisotopic (exact) mass is 496 g/mol. The fourth-order valence-corrected chi connectivity index (χ4v) is 6.19. The zero-order chi connectivity index (χ0) is 24.9. The average Bonchev–Trinajstić information content (AvgIpc) is 2.93. The number of hydrogen-bond acceptors (Lipinski definition) is 5. The lowest BCUT2D eigenvalue weighted by molar-refractivity contribution is 0.103. The lowest BCUT2D eigenvalue weighted by atomic mass is 9.98. The molecular formula is C29H38F2N4O. The van der Waals surface area contributed by atoms with Gasteiger partial charge < -0.3 is 10.2 Å². The zero-order valence-electron chi connectivity index (χ0n) is 21.1. The Kier molecular flexibility index (Phi) is 8.29. The summed E-state index contributed by atoms with van der Waals surface area (Å²) in [5.74, 6) is -1.69. The number of halogens is 2. The van der Waals surface area contributed by atoms with E-state index >= 15 is 0 Å². The SMILES string of the molecule is C1CCN2CCNC[C@H]2C1.O=C(c1ccccc1)c1cc(F)c(N2CCN3CCCC[C@@H]3C2)c(F)c1. The smallest absolute Gasteiger partial charge is 0.193 e. The van der Waals surface area contributed by atoms with E-state index in [1.54, 1.807) is 35.2 Å². The molecule has 0 aliphatic carbocycles. The third-order valence-electron chi connectivity index (χ3n) is 8.17. The average molecular weight is 497 g/mol. The predicted octanol–water partition coefficient (Wildman–Crippen LogP) is 4.31. The number of ketones is 1. The molecular weight excluding hydrogens is 458 g/mol. The van der Waals surface area contributed by atoms with Gasteiger partial charge in [-0.3, -0.25) is 14.6 Å². The normalized spacial score (nSPS) is 24.8. The van der Waals surface area contributed by atoms with E-state index in [-0.39, 0.29) is 17.0 Å². The number of benzene rings is 2. The number of piperazine rings is 2. The van der Waals surface area contributed by atoms with Crippen molar-refractivity contribution in [2.45, 2.75) is 50.6 Å². The van der Waals surface area contributed by atoms with Crippen molar-refractivity contribution in [3.05, 3.63) is 65.2 Å². The van der Waals surface area contributed by atoms with Gasteiger partial charge in [-0.25, -0.2) is 8.78 Å². The van der Waals surface area contributed by atoms with Gasteiger partial charge in [0.1, 0.15) is 17.3 Å². The highest BCUT2D eigenvalue weighted by molar-refractivity contribution is 6.09. The van der Waals surface area contributed by atoms with Crippen LogP contribution in [0.4, 0.5) is 14.5 Å². The second-order valence-electron chi connectivity index (χ2n) is 10.5. The molecule has 0 unspecified atom stereocenters. The molecule has 6 rings (SSSR count). The van der Waals surface area contributed by atoms with Crippen LogP contribution in [0, 0.1) is 11.6 Å². The summed E-state index contributed by atoms with van der Waals surface area (Å²) in [6, 6.07) is 12.1. The standard InChI is InChI=1S/C21H22F2N2O.C8H16N2/c22-18-12-16(21(26)15-6-2-1-3-7-15)13-19(23)20(18)25-11-10-24-9-5-4-8-17(24)14-25;1-2-5-10-6-4-9-7-8(10)3-1/h1-3,6-7,12-13,17H,4-5,8-11,14H2;8-9H,1-7H2/t17-;8-/m11/s1. The highest BCUT2D eigenvalue weighted by Gasteiger charge is 2.31. The van der Waals surface area contributed by atoms with Crippen molar-refractivity contribution in [1.82, 2.24) is 15.1 Å². The third kappa shape index (κ3) is 5.79. The number of carbonyl (C=O) groups excluding carboxylic acids is 1. The van der Waals surface area contributed by atoms with Gasteiger partial charge in [0.2, 0.25) is 0 Å². The highest BCUT2D eigenvalue weighted by atomic mass is 19.1. The van der Waals surface area contributed by atoms with Crippen LogP contribution in [0.3, 0.4) is 0 Å². The molecule has 2 aromatic carbocycles. The Labute approximate surface area is 213 Å². The number of fused-ring (bicyclic) bond motifs is 2. The number of piperidine rings is 2. The molecule has 0 aromatic heterocycles. The fraction of sp³-hybridized carbons (Fsp3) is 0.552. The van der Waals surface area contributed by atoms with Gasteiger partial charge in [0, 0.05) is 62.5 Å². The number of anilines is 1. The van der Waals surface area contributed by atoms with Crippen molar-refractivity contribution in [3.8, 4) is 0 Å². The summed E-state index contributed by atoms with van der Waals surface area (Å²) in [5, 5.41) is 3.44. The molecule has 4 aliphatic heterocycles. The second-order valence-corrected chi connectivity index (χ2v) is 10.5. The maximum Gasteiger partial charge on any atom is 0.193 e. The van der Waals surface area contributed by atoms with E-state index in [4.69, 9.17) is 0 Å². The summed E-state index contributed by atoms with van der Waals surface area (Å²) in [6.45, 7) is 8.23. The topological polar surface area (TPSA) is 38.8 Å². The summed E-state index contributed by atoms with van der Waals surface area (Å²) in [4.78, 5) is 19.3. The Hall–Kier alpha value is -2.35. The van der Waals surface area contributed by atoms with Gasteiger partial charge in [-0.15, -0.1) is 0 Å². The molecule has 4 fully saturated rings. The zero-order valence-corrected chi connectivity index (χ0v) is 21.1. The van der Waals surface area contributed by atoms with Gasteiger partial charge in [-0.2, -0.15) is 0 Å². The van der Waals surface area contributed by atoms with Crippen LogP contribution in [0.25, 0.3) is 0 Å². The molecule has 2 atom stereocenters. The van der Waals surface area contributed by atoms with E-state index in [0.717, 1.165) is 25.6 Å². The Morgan fingerprint density at radius 2 is 1.44 bits per heavy atom. The lowest BCUT2D eigenvalue weighted by Gasteiger charge is -2.45. The summed E-state index contributed by atoms with van der Waals surface area (Å²) < 4.78 is 29.5. The molecule has 0 amide bonds. The van der Waals surface area contributed by atoms with Gasteiger partial charge in [0.05, 0.1) is 0 Å². The van der Waals surface area contributed by atoms with Gasteiger partial charge >= 0.3 is 0 Å². The van der Waals surface area contributed by atoms with E-state index in [1.165, 1.54) is 70.4 Å². The summed E-state index contributed by atoms with van der Waals surface area (Å²) in [5.41, 5.74) is 0.473. The first-order valence-electron chi connectivity index (χ1n) is 13.6. The van der Waals surface area contributed by atoms with Crippen molar-refractivity contribution >= 4 is 11.5 Å². The Morgan fingerprint density at radius 3 is 2.14 bits per heavy atom. The van der Waals surface area contributed by atoms with E-state index < -0.39 is 11.6 Å². The molecule has 0 spiro atoms. The lowest BCUT2D eigenvalue weighted by Crippen LogP contribution is -2.55. The summed E-state index contributed by atoms with van der Waals surface area (Å²) in [6.07, 6.45) is 7.75. The van der Waals surface area contributed by atoms with Crippen LogP contribution in [0.15, 0.2) is 42.5 Å². The molecule has 0 radical (unpaired) electrons. The van der Waals surface area contributed by atoms with Crippen molar-refractivity contribution in [1.29, 1.82) is 0 Å². The molecule has 4 saturated heterocycles. The number of carbonyl (C=O) groups is 1. The van der Waals surface area contributed by atoms with Crippen LogP contribution in [0.5, 0.6) is 0 Å². The van der Waals surface area contributed by atoms with Gasteiger partial charge in [0.15, 0.2) is 5.78 Å². The largest absolute Gasteiger partial charge is 0.364 e. The molecule has 5 nitrogen and oxygen atoms in total. The van der Waals surface area contributed by atoms with Crippen LogP contribution in [0.1, 0.15) is 54.4 Å². The van der Waals surface area contributed by atoms with E-state index in [2.05, 4.69) is 15.1 Å². The van der Waals surface area contributed by atoms with Crippen molar-refractivity contribution < 1.29 is 13.6 Å². The number of hydrogen-bond donors (Lipinski definition) is 1. The van der Waals surface area contributed by atoms with Crippen LogP contribution in [-0.4, -0.2) is 80.0 Å². The highest BCUT2D eigenvalue weighted by Crippen LogP contribution is 2.30. The first-order valence-corrected chi connectivity index (χ1v) is 13.6. The number of nitrogens with one attached hydrogen (secondary N) is 1. The first kappa shape index (κ1) is 25.3. The Morgan fingerprint density at radius 1 is 0.778 bits per heavy atom. The molecule has 2 aromatic rings. The third-order valence-corrected chi connectivity index (χ3v) is 8.17. The second kappa shape index (κ2) is 11.8. The molecule has 4 aliphatic rings. The molecule has 36 heavy (non-hydrogen) atoms. The molecule has 7 heteroatoms. The predicted molar refractivity (Wildman–Crippen MR) is 140 cm³/mol. The fourth-order valence-electron chi connectivity index (χ4n) is 6.19. The maximum atomic E-state index is 14.7. The first-order chi connectivity index (χ1) is 17.6. The van der Waals surface area contributed by atoms with Crippen LogP contribution in [-0.2, 0) is 0 Å². The number of rotatable bonds is 3. The minimum atomic E-state index is -0.659. The van der Waals surface area contributed by atoms with Crippen LogP contribution < -0.4 is 10.2 Å². The van der Waals surface area contributed by atoms with Crippen LogP contribution >= 0.6 is 0 Å². The van der Waals surface area contributed by atoms with E-state index in [0.29, 0.717) is 24.7 Å². The Bertz CT molecular complexity index is 984. The molecule has 0 saturated carbocycles. The maximum absolute atomic E-state index is 14.7. The quantitative estimate of drug-likeness (QED) is 0.641. The molecule has 1 N–H and O–H groups in total. The van der Waals surface area contributed by atoms with Gasteiger partial charge in [-0.05, 0) is 50.9 Å². The van der Waals surface area contributed by atoms with Crippen molar-refractivity contribution in [2.24, 2.45) is 0 Å². The van der Waals surface area contributed by atoms with E-state index in [9.17, 15) is 13.6 Å². The van der Waals surface area contributed by atoms with Gasteiger partial charge in [-0.1, -0.05) is 43.2 Å². The summed E-state index contributed by atoms with van der Waals surface area (Å²) in [7, 11) is 0. The minimum Gasteiger partial charge on any atom is -0.364 e. The molecule has 0 bridgehead atoms. The van der Waals surface area contributed by atoms with Crippen molar-refractivity contribution in [3.63, 3.8) is 0 Å². The number of nitrogens with zero attached hydrogens (tertiary/aromatic N) is 3. The molecule has 194 valence electrons. The van der Waals surface area contributed by atoms with Crippen LogP contribution in [0.2, 0.25) is 0 Å². The minimum absolute atomic E-state index is 0.000153. The summed E-state index contributed by atoms with van der Waals surface area (Å²) >= 11 is 0.